The number of nitriles is 1. The average Bonchev–Trinajstić information content (AvgIpc) is 2.59. The standard InChI is InChI=1S/C18H15NO3/c1-21-15-7-9-18(22-2)16(11-15)17(20)8-6-13-4-3-5-14(10-13)12-19/h3-11H,1-2H3. The van der Waals surface area contributed by atoms with Gasteiger partial charge in [-0.1, -0.05) is 18.2 Å². The molecule has 4 heteroatoms. The van der Waals surface area contributed by atoms with E-state index in [0.717, 1.165) is 5.56 Å². The van der Waals surface area contributed by atoms with E-state index in [4.69, 9.17) is 14.7 Å². The summed E-state index contributed by atoms with van der Waals surface area (Å²) in [6.07, 6.45) is 3.12. The Morgan fingerprint density at radius 3 is 2.64 bits per heavy atom. The summed E-state index contributed by atoms with van der Waals surface area (Å²) in [5, 5.41) is 8.87. The van der Waals surface area contributed by atoms with Crippen LogP contribution in [0.25, 0.3) is 6.08 Å². The summed E-state index contributed by atoms with van der Waals surface area (Å²) in [5.74, 6) is 0.878. The number of carbonyl (C=O) groups is 1. The van der Waals surface area contributed by atoms with Crippen molar-refractivity contribution in [1.82, 2.24) is 0 Å². The molecular formula is C18H15NO3. The lowest BCUT2D eigenvalue weighted by atomic mass is 10.1. The lowest BCUT2D eigenvalue weighted by Crippen LogP contribution is -1.99. The first-order chi connectivity index (χ1) is 10.7. The molecule has 0 atom stereocenters. The van der Waals surface area contributed by atoms with E-state index in [-0.39, 0.29) is 5.78 Å². The number of benzene rings is 2. The van der Waals surface area contributed by atoms with Crippen LogP contribution < -0.4 is 9.47 Å². The second-order valence-corrected chi connectivity index (χ2v) is 4.50. The van der Waals surface area contributed by atoms with Crippen molar-refractivity contribution in [3.63, 3.8) is 0 Å². The second-order valence-electron chi connectivity index (χ2n) is 4.50. The highest BCUT2D eigenvalue weighted by Gasteiger charge is 2.11. The van der Waals surface area contributed by atoms with Gasteiger partial charge in [0.25, 0.3) is 0 Å². The molecule has 0 bridgehead atoms. The van der Waals surface area contributed by atoms with Gasteiger partial charge in [-0.3, -0.25) is 4.79 Å². The fourth-order valence-corrected chi connectivity index (χ4v) is 1.98. The van der Waals surface area contributed by atoms with Crippen LogP contribution in [0.1, 0.15) is 21.5 Å². The van der Waals surface area contributed by atoms with Crippen molar-refractivity contribution in [1.29, 1.82) is 5.26 Å². The van der Waals surface area contributed by atoms with Crippen LogP contribution in [0.3, 0.4) is 0 Å². The zero-order valence-electron chi connectivity index (χ0n) is 12.4. The Balaban J connectivity index is 2.28. The maximum atomic E-state index is 12.3. The minimum Gasteiger partial charge on any atom is -0.497 e. The lowest BCUT2D eigenvalue weighted by Gasteiger charge is -2.07. The summed E-state index contributed by atoms with van der Waals surface area (Å²) in [5.41, 5.74) is 1.76. The number of carbonyl (C=O) groups excluding carboxylic acids is 1. The Morgan fingerprint density at radius 1 is 1.14 bits per heavy atom. The molecule has 0 aliphatic rings. The van der Waals surface area contributed by atoms with E-state index < -0.39 is 0 Å². The number of nitrogens with zero attached hydrogens (tertiary/aromatic N) is 1. The van der Waals surface area contributed by atoms with Crippen molar-refractivity contribution in [3.05, 3.63) is 65.2 Å². The molecular weight excluding hydrogens is 278 g/mol. The van der Waals surface area contributed by atoms with Crippen molar-refractivity contribution >= 4 is 11.9 Å². The van der Waals surface area contributed by atoms with Gasteiger partial charge in [0.15, 0.2) is 5.78 Å². The molecule has 0 saturated carbocycles. The molecule has 0 saturated heterocycles. The van der Waals surface area contributed by atoms with Crippen LogP contribution in [-0.2, 0) is 0 Å². The number of methoxy groups -OCH3 is 2. The fraction of sp³-hybridized carbons (Fsp3) is 0.111. The Hall–Kier alpha value is -3.06. The minimum atomic E-state index is -0.196. The molecule has 0 aliphatic heterocycles. The van der Waals surface area contributed by atoms with Crippen molar-refractivity contribution in [2.45, 2.75) is 0 Å². The van der Waals surface area contributed by atoms with E-state index in [9.17, 15) is 4.79 Å². The minimum absolute atomic E-state index is 0.196. The van der Waals surface area contributed by atoms with E-state index in [1.54, 1.807) is 49.6 Å². The molecule has 0 radical (unpaired) electrons. The molecule has 2 aromatic rings. The third-order valence-corrected chi connectivity index (χ3v) is 3.11. The highest BCUT2D eigenvalue weighted by molar-refractivity contribution is 6.08. The number of hydrogen-bond acceptors (Lipinski definition) is 4. The SMILES string of the molecule is COc1ccc(OC)c(C(=O)C=Cc2cccc(C#N)c2)c1. The van der Waals surface area contributed by atoms with E-state index >= 15 is 0 Å². The normalized spacial score (nSPS) is 10.2. The van der Waals surface area contributed by atoms with Crippen molar-refractivity contribution in [2.24, 2.45) is 0 Å². The zero-order valence-corrected chi connectivity index (χ0v) is 12.4. The summed E-state index contributed by atoms with van der Waals surface area (Å²) in [7, 11) is 3.05. The van der Waals surface area contributed by atoms with Crippen LogP contribution in [-0.4, -0.2) is 20.0 Å². The van der Waals surface area contributed by atoms with Crippen LogP contribution in [0.4, 0.5) is 0 Å². The molecule has 0 fully saturated rings. The molecule has 2 aromatic carbocycles. The summed E-state index contributed by atoms with van der Waals surface area (Å²) in [4.78, 5) is 12.3. The Bertz CT molecular complexity index is 757. The highest BCUT2D eigenvalue weighted by Crippen LogP contribution is 2.24. The van der Waals surface area contributed by atoms with Gasteiger partial charge in [0.2, 0.25) is 0 Å². The van der Waals surface area contributed by atoms with Gasteiger partial charge < -0.3 is 9.47 Å². The van der Waals surface area contributed by atoms with Gasteiger partial charge in [-0.2, -0.15) is 5.26 Å². The van der Waals surface area contributed by atoms with Crippen molar-refractivity contribution < 1.29 is 14.3 Å². The number of ketones is 1. The average molecular weight is 293 g/mol. The molecule has 22 heavy (non-hydrogen) atoms. The first-order valence-electron chi connectivity index (χ1n) is 6.62. The molecule has 0 N–H and O–H groups in total. The maximum Gasteiger partial charge on any atom is 0.189 e. The molecule has 0 unspecified atom stereocenters. The molecule has 0 spiro atoms. The van der Waals surface area contributed by atoms with Crippen molar-refractivity contribution in [3.8, 4) is 17.6 Å². The summed E-state index contributed by atoms with van der Waals surface area (Å²) in [6, 6.07) is 14.2. The summed E-state index contributed by atoms with van der Waals surface area (Å²) >= 11 is 0. The molecule has 0 heterocycles. The van der Waals surface area contributed by atoms with Gasteiger partial charge in [-0.05, 0) is 42.0 Å². The first kappa shape index (κ1) is 15.3. The molecule has 0 aliphatic carbocycles. The van der Waals surface area contributed by atoms with E-state index in [1.165, 1.54) is 13.2 Å². The number of allylic oxidation sites excluding steroid dienone is 1. The molecule has 110 valence electrons. The van der Waals surface area contributed by atoms with E-state index in [2.05, 4.69) is 6.07 Å². The quantitative estimate of drug-likeness (QED) is 0.625. The van der Waals surface area contributed by atoms with E-state index in [1.807, 2.05) is 6.07 Å². The predicted octanol–water partition coefficient (Wildman–Crippen LogP) is 3.47. The molecule has 4 nitrogen and oxygen atoms in total. The van der Waals surface area contributed by atoms with Gasteiger partial charge in [-0.15, -0.1) is 0 Å². The third kappa shape index (κ3) is 3.53. The van der Waals surface area contributed by atoms with Gasteiger partial charge in [0, 0.05) is 0 Å². The molecule has 2 rings (SSSR count). The zero-order chi connectivity index (χ0) is 15.9. The van der Waals surface area contributed by atoms with Gasteiger partial charge in [0.05, 0.1) is 31.4 Å². The molecule has 0 amide bonds. The Morgan fingerprint density at radius 2 is 1.95 bits per heavy atom. The number of hydrogen-bond donors (Lipinski definition) is 0. The monoisotopic (exact) mass is 293 g/mol. The summed E-state index contributed by atoms with van der Waals surface area (Å²) in [6.45, 7) is 0. The van der Waals surface area contributed by atoms with Crippen LogP contribution in [0.15, 0.2) is 48.5 Å². The largest absolute Gasteiger partial charge is 0.497 e. The Kier molecular flexibility index (Phi) is 4.94. The number of rotatable bonds is 5. The Labute approximate surface area is 129 Å². The van der Waals surface area contributed by atoms with Crippen LogP contribution in [0.5, 0.6) is 11.5 Å². The second kappa shape index (κ2) is 7.09. The van der Waals surface area contributed by atoms with Gasteiger partial charge in [-0.25, -0.2) is 0 Å². The fourth-order valence-electron chi connectivity index (χ4n) is 1.98. The van der Waals surface area contributed by atoms with Gasteiger partial charge in [0.1, 0.15) is 11.5 Å². The van der Waals surface area contributed by atoms with E-state index in [0.29, 0.717) is 22.6 Å². The lowest BCUT2D eigenvalue weighted by molar-refractivity contribution is 0.104. The highest BCUT2D eigenvalue weighted by atomic mass is 16.5. The van der Waals surface area contributed by atoms with Gasteiger partial charge >= 0.3 is 0 Å². The predicted molar refractivity (Wildman–Crippen MR) is 84.1 cm³/mol. The van der Waals surface area contributed by atoms with Crippen LogP contribution in [0, 0.1) is 11.3 Å². The first-order valence-corrected chi connectivity index (χ1v) is 6.62. The third-order valence-electron chi connectivity index (χ3n) is 3.11. The van der Waals surface area contributed by atoms with Crippen molar-refractivity contribution in [2.75, 3.05) is 14.2 Å². The van der Waals surface area contributed by atoms with Crippen LogP contribution in [0.2, 0.25) is 0 Å². The molecule has 0 aromatic heterocycles. The topological polar surface area (TPSA) is 59.3 Å². The smallest absolute Gasteiger partial charge is 0.189 e. The van der Waals surface area contributed by atoms with Crippen LogP contribution >= 0.6 is 0 Å². The summed E-state index contributed by atoms with van der Waals surface area (Å²) < 4.78 is 10.3. The number of ether oxygens (including phenoxy) is 2. The maximum absolute atomic E-state index is 12.3.